The molecular weight excluding hydrogens is 322 g/mol. The predicted molar refractivity (Wildman–Crippen MR) is 58.6 cm³/mol. The lowest BCUT2D eigenvalue weighted by atomic mass is 9.91. The van der Waals surface area contributed by atoms with Gasteiger partial charge in [0.05, 0.1) is 11.1 Å². The van der Waals surface area contributed by atoms with E-state index in [0.717, 1.165) is 0 Å². The Labute approximate surface area is 117 Å². The molecule has 1 atom stereocenters. The van der Waals surface area contributed by atoms with Crippen LogP contribution in [0.4, 0.5) is 26.3 Å². The normalized spacial score (nSPS) is 21.1. The Bertz CT molecular complexity index is 696. The van der Waals surface area contributed by atoms with Gasteiger partial charge in [-0.1, -0.05) is 0 Å². The molecule has 0 aliphatic heterocycles. The van der Waals surface area contributed by atoms with Gasteiger partial charge >= 0.3 is 0 Å². The van der Waals surface area contributed by atoms with Gasteiger partial charge in [0.25, 0.3) is 0 Å². The van der Waals surface area contributed by atoms with Gasteiger partial charge in [-0.2, -0.15) is 0 Å². The van der Waals surface area contributed by atoms with E-state index in [9.17, 15) is 36.6 Å². The molecule has 0 amide bonds. The van der Waals surface area contributed by atoms with E-state index in [1.165, 1.54) is 0 Å². The predicted octanol–water partition coefficient (Wildman–Crippen LogP) is 2.13. The molecule has 1 aliphatic carbocycles. The minimum Gasteiger partial charge on any atom is -0.508 e. The Balaban J connectivity index is 2.83. The van der Waals surface area contributed by atoms with Crippen molar-refractivity contribution in [1.82, 2.24) is 0 Å². The second-order valence-electron chi connectivity index (χ2n) is 4.38. The number of aliphatic hydroxyl groups is 4. The molecule has 4 nitrogen and oxygen atoms in total. The van der Waals surface area contributed by atoms with Crippen molar-refractivity contribution in [2.24, 2.45) is 0 Å². The fraction of sp³-hybridized carbons (Fsp3) is 0.167. The minimum atomic E-state index is -3.43. The average Bonchev–Trinajstić information content (AvgIpc) is 2.44. The van der Waals surface area contributed by atoms with Crippen molar-refractivity contribution < 1.29 is 46.8 Å². The van der Waals surface area contributed by atoms with Crippen molar-refractivity contribution >= 4 is 5.57 Å². The summed E-state index contributed by atoms with van der Waals surface area (Å²) in [6.45, 7) is 0. The van der Waals surface area contributed by atoms with Gasteiger partial charge in [0.2, 0.25) is 17.8 Å². The van der Waals surface area contributed by atoms with Gasteiger partial charge in [0, 0.05) is 6.08 Å². The van der Waals surface area contributed by atoms with Crippen LogP contribution < -0.4 is 0 Å². The second kappa shape index (κ2) is 4.92. The van der Waals surface area contributed by atoms with Gasteiger partial charge in [0.1, 0.15) is 11.5 Å². The van der Waals surface area contributed by atoms with Gasteiger partial charge in [-0.25, -0.2) is 26.3 Å². The summed E-state index contributed by atoms with van der Waals surface area (Å²) >= 11 is 0. The molecule has 120 valence electrons. The molecule has 1 aromatic rings. The minimum absolute atomic E-state index is 0.0647. The van der Waals surface area contributed by atoms with E-state index in [-0.39, 0.29) is 6.08 Å². The van der Waals surface area contributed by atoms with Gasteiger partial charge in [-0.3, -0.25) is 0 Å². The molecule has 1 unspecified atom stereocenters. The SMILES string of the molecule is OC1=CC(O)(O)C(F)C(O)=C1c1c(F)c(F)c(F)c(F)c1F. The number of allylic oxidation sites excluding steroid dienone is 1. The summed E-state index contributed by atoms with van der Waals surface area (Å²) in [6.07, 6.45) is -3.15. The van der Waals surface area contributed by atoms with Crippen LogP contribution >= 0.6 is 0 Å². The maximum absolute atomic E-state index is 13.6. The van der Waals surface area contributed by atoms with Crippen molar-refractivity contribution in [1.29, 1.82) is 0 Å². The van der Waals surface area contributed by atoms with Crippen LogP contribution in [-0.4, -0.2) is 32.4 Å². The molecule has 0 saturated carbocycles. The van der Waals surface area contributed by atoms with Gasteiger partial charge in [0.15, 0.2) is 23.3 Å². The van der Waals surface area contributed by atoms with Gasteiger partial charge in [-0.05, 0) is 0 Å². The lowest BCUT2D eigenvalue weighted by Gasteiger charge is -2.28. The molecule has 0 radical (unpaired) electrons. The number of halogens is 6. The van der Waals surface area contributed by atoms with Crippen molar-refractivity contribution in [3.05, 3.63) is 52.2 Å². The Morgan fingerprint density at radius 3 is 1.68 bits per heavy atom. The van der Waals surface area contributed by atoms with E-state index < -0.39 is 63.7 Å². The summed E-state index contributed by atoms with van der Waals surface area (Å²) in [5, 5.41) is 37.0. The lowest BCUT2D eigenvalue weighted by Crippen LogP contribution is -2.42. The first-order valence-electron chi connectivity index (χ1n) is 5.46. The van der Waals surface area contributed by atoms with Crippen LogP contribution in [0.1, 0.15) is 5.56 Å². The number of hydrogen-bond acceptors (Lipinski definition) is 4. The summed E-state index contributed by atoms with van der Waals surface area (Å²) in [4.78, 5) is 0. The van der Waals surface area contributed by atoms with Crippen LogP contribution in [0.2, 0.25) is 0 Å². The largest absolute Gasteiger partial charge is 0.508 e. The number of alkyl halides is 1. The van der Waals surface area contributed by atoms with E-state index in [2.05, 4.69) is 0 Å². The van der Waals surface area contributed by atoms with E-state index in [4.69, 9.17) is 10.2 Å². The second-order valence-corrected chi connectivity index (χ2v) is 4.38. The van der Waals surface area contributed by atoms with E-state index in [1.54, 1.807) is 0 Å². The average molecular weight is 328 g/mol. The first kappa shape index (κ1) is 16.2. The van der Waals surface area contributed by atoms with Crippen LogP contribution in [-0.2, 0) is 0 Å². The fourth-order valence-corrected chi connectivity index (χ4v) is 1.89. The van der Waals surface area contributed by atoms with Crippen molar-refractivity contribution in [2.45, 2.75) is 12.0 Å². The zero-order valence-electron chi connectivity index (χ0n) is 10.2. The summed E-state index contributed by atoms with van der Waals surface area (Å²) in [5.41, 5.74) is -3.29. The quantitative estimate of drug-likeness (QED) is 0.276. The smallest absolute Gasteiger partial charge is 0.226 e. The first-order chi connectivity index (χ1) is 10.0. The lowest BCUT2D eigenvalue weighted by molar-refractivity contribution is -0.165. The van der Waals surface area contributed by atoms with E-state index in [1.807, 2.05) is 0 Å². The molecule has 2 rings (SSSR count). The Morgan fingerprint density at radius 1 is 0.818 bits per heavy atom. The fourth-order valence-electron chi connectivity index (χ4n) is 1.89. The Hall–Kier alpha value is -2.20. The zero-order valence-corrected chi connectivity index (χ0v) is 10.2. The summed E-state index contributed by atoms with van der Waals surface area (Å²) in [6, 6.07) is 0. The van der Waals surface area contributed by atoms with Crippen molar-refractivity contribution in [3.63, 3.8) is 0 Å². The summed E-state index contributed by atoms with van der Waals surface area (Å²) < 4.78 is 79.9. The highest BCUT2D eigenvalue weighted by molar-refractivity contribution is 5.81. The highest BCUT2D eigenvalue weighted by Crippen LogP contribution is 2.39. The molecule has 1 aromatic carbocycles. The van der Waals surface area contributed by atoms with E-state index >= 15 is 0 Å². The molecule has 0 bridgehead atoms. The molecular formula is C12H6F6O4. The van der Waals surface area contributed by atoms with Gasteiger partial charge < -0.3 is 20.4 Å². The summed E-state index contributed by atoms with van der Waals surface area (Å²) in [7, 11) is 0. The molecule has 0 heterocycles. The van der Waals surface area contributed by atoms with Gasteiger partial charge in [-0.15, -0.1) is 0 Å². The number of benzene rings is 1. The third kappa shape index (κ3) is 2.11. The third-order valence-corrected chi connectivity index (χ3v) is 2.93. The molecule has 4 N–H and O–H groups in total. The Kier molecular flexibility index (Phi) is 3.62. The van der Waals surface area contributed by atoms with Crippen LogP contribution in [0.3, 0.4) is 0 Å². The number of hydrogen-bond donors (Lipinski definition) is 4. The highest BCUT2D eigenvalue weighted by atomic mass is 19.2. The molecule has 22 heavy (non-hydrogen) atoms. The monoisotopic (exact) mass is 328 g/mol. The number of rotatable bonds is 1. The van der Waals surface area contributed by atoms with Crippen LogP contribution in [0.25, 0.3) is 5.57 Å². The van der Waals surface area contributed by atoms with Crippen LogP contribution in [0, 0.1) is 29.1 Å². The standard InChI is InChI=1S/C12H6F6O4/c13-5-4(6(14)8(16)9(17)7(5)15)3-2(19)1-12(21,22)11(18)10(3)20/h1,11,19-22H. The molecule has 0 saturated heterocycles. The summed E-state index contributed by atoms with van der Waals surface area (Å²) in [5.74, 6) is -18.9. The maximum atomic E-state index is 13.6. The number of aliphatic hydroxyl groups excluding tert-OH is 2. The topological polar surface area (TPSA) is 80.9 Å². The van der Waals surface area contributed by atoms with Crippen molar-refractivity contribution in [2.75, 3.05) is 0 Å². The molecule has 0 aromatic heterocycles. The van der Waals surface area contributed by atoms with Crippen LogP contribution in [0.15, 0.2) is 17.6 Å². The molecule has 10 heteroatoms. The third-order valence-electron chi connectivity index (χ3n) is 2.93. The van der Waals surface area contributed by atoms with E-state index in [0.29, 0.717) is 0 Å². The van der Waals surface area contributed by atoms with Crippen molar-refractivity contribution in [3.8, 4) is 0 Å². The highest BCUT2D eigenvalue weighted by Gasteiger charge is 2.45. The molecule has 0 fully saturated rings. The molecule has 1 aliphatic rings. The maximum Gasteiger partial charge on any atom is 0.226 e. The van der Waals surface area contributed by atoms with Crippen LogP contribution in [0.5, 0.6) is 0 Å². The molecule has 0 spiro atoms. The Morgan fingerprint density at radius 2 is 1.23 bits per heavy atom. The zero-order chi connectivity index (χ0) is 17.0. The first-order valence-corrected chi connectivity index (χ1v) is 5.46.